The predicted octanol–water partition coefficient (Wildman–Crippen LogP) is 4.51. The molecule has 0 fully saturated rings. The molecule has 0 radical (unpaired) electrons. The van der Waals surface area contributed by atoms with E-state index < -0.39 is 10.0 Å². The molecule has 0 aliphatic carbocycles. The molecule has 5 nitrogen and oxygen atoms in total. The highest BCUT2D eigenvalue weighted by Gasteiger charge is 2.27. The number of aromatic nitrogens is 1. The molecule has 0 aliphatic rings. The summed E-state index contributed by atoms with van der Waals surface area (Å²) in [5.74, 6) is 0. The molecule has 1 heterocycles. The third kappa shape index (κ3) is 4.03. The molecule has 2 aromatic rings. The maximum Gasteiger partial charge on any atom is 0.266 e. The summed E-state index contributed by atoms with van der Waals surface area (Å²) in [4.78, 5) is 4.16. The smallest absolute Gasteiger partial charge is 0.266 e. The summed E-state index contributed by atoms with van der Waals surface area (Å²) in [5.41, 5.74) is 1.04. The summed E-state index contributed by atoms with van der Waals surface area (Å²) in [6.07, 6.45) is 2.04. The predicted molar refractivity (Wildman–Crippen MR) is 99.3 cm³/mol. The average Bonchev–Trinajstić information content (AvgIpc) is 2.55. The lowest BCUT2D eigenvalue weighted by Gasteiger charge is -2.24. The van der Waals surface area contributed by atoms with Crippen molar-refractivity contribution >= 4 is 54.8 Å². The van der Waals surface area contributed by atoms with Gasteiger partial charge in [0, 0.05) is 18.3 Å². The zero-order chi connectivity index (χ0) is 17.9. The van der Waals surface area contributed by atoms with Gasteiger partial charge in [0.25, 0.3) is 10.0 Å². The molecule has 9 heteroatoms. The van der Waals surface area contributed by atoms with E-state index >= 15 is 0 Å². The minimum atomic E-state index is -3.88. The minimum Gasteiger partial charge on any atom is -0.363 e. The van der Waals surface area contributed by atoms with E-state index in [4.69, 9.17) is 27.9 Å². The number of pyridine rings is 1. The number of ether oxygens (including phenoxy) is 1. The van der Waals surface area contributed by atoms with E-state index in [1.165, 1.54) is 25.4 Å². The fourth-order valence-electron chi connectivity index (χ4n) is 2.08. The van der Waals surface area contributed by atoms with Crippen LogP contribution >= 0.6 is 39.1 Å². The van der Waals surface area contributed by atoms with Gasteiger partial charge >= 0.3 is 0 Å². The number of rotatable bonds is 6. The van der Waals surface area contributed by atoms with Gasteiger partial charge in [-0.15, -0.1) is 0 Å². The van der Waals surface area contributed by atoms with Crippen LogP contribution < -0.4 is 4.31 Å². The Balaban J connectivity index is 2.59. The van der Waals surface area contributed by atoms with E-state index in [0.29, 0.717) is 21.1 Å². The Morgan fingerprint density at radius 1 is 1.29 bits per heavy atom. The van der Waals surface area contributed by atoms with Crippen LogP contribution in [0.4, 0.5) is 5.69 Å². The lowest BCUT2D eigenvalue weighted by Crippen LogP contribution is -2.33. The number of nitrogens with zero attached hydrogens (tertiary/aromatic N) is 2. The van der Waals surface area contributed by atoms with Gasteiger partial charge in [-0.3, -0.25) is 0 Å². The zero-order valence-corrected chi connectivity index (χ0v) is 16.9. The van der Waals surface area contributed by atoms with Gasteiger partial charge in [0.1, 0.15) is 11.3 Å². The van der Waals surface area contributed by atoms with Crippen molar-refractivity contribution in [2.75, 3.05) is 18.1 Å². The summed E-state index contributed by atoms with van der Waals surface area (Å²) in [6.45, 7) is 1.72. The Morgan fingerprint density at radius 3 is 2.62 bits per heavy atom. The fourth-order valence-corrected chi connectivity index (χ4v) is 4.46. The van der Waals surface area contributed by atoms with Gasteiger partial charge in [-0.2, -0.15) is 0 Å². The molecule has 0 spiro atoms. The van der Waals surface area contributed by atoms with Crippen molar-refractivity contribution in [1.82, 2.24) is 4.98 Å². The highest BCUT2D eigenvalue weighted by atomic mass is 79.9. The van der Waals surface area contributed by atoms with E-state index in [1.807, 2.05) is 6.92 Å². The standard InChI is InChI=1S/C15H15BrCl2N2O3S/c1-3-10-6-12(4-5-13(10)18)24(21,22)20(9-23-2)14-7-11(17)8-19-15(14)16/h4-8H,3,9H2,1-2H3. The van der Waals surface area contributed by atoms with Crippen molar-refractivity contribution in [2.45, 2.75) is 18.2 Å². The van der Waals surface area contributed by atoms with Crippen LogP contribution in [0.15, 0.2) is 40.0 Å². The Kier molecular flexibility index (Phi) is 6.50. The van der Waals surface area contributed by atoms with Gasteiger partial charge < -0.3 is 4.74 Å². The van der Waals surface area contributed by atoms with Gasteiger partial charge in [0.15, 0.2) is 0 Å². The molecule has 0 N–H and O–H groups in total. The van der Waals surface area contributed by atoms with E-state index in [1.54, 1.807) is 12.1 Å². The maximum atomic E-state index is 13.1. The minimum absolute atomic E-state index is 0.118. The number of benzene rings is 1. The largest absolute Gasteiger partial charge is 0.363 e. The molecule has 1 aromatic heterocycles. The number of hydrogen-bond acceptors (Lipinski definition) is 4. The van der Waals surface area contributed by atoms with Crippen LogP contribution in [0.1, 0.15) is 12.5 Å². The molecule has 0 amide bonds. The Hall–Kier alpha value is -0.860. The maximum absolute atomic E-state index is 13.1. The van der Waals surface area contributed by atoms with Gasteiger partial charge in [-0.05, 0) is 52.2 Å². The normalized spacial score (nSPS) is 11.5. The van der Waals surface area contributed by atoms with Crippen molar-refractivity contribution in [3.8, 4) is 0 Å². The lowest BCUT2D eigenvalue weighted by molar-refractivity contribution is 0.209. The first-order chi connectivity index (χ1) is 11.3. The van der Waals surface area contributed by atoms with Crippen LogP contribution in [0.2, 0.25) is 10.0 Å². The number of hydrogen-bond donors (Lipinski definition) is 0. The van der Waals surface area contributed by atoms with E-state index in [-0.39, 0.29) is 17.3 Å². The molecule has 0 bridgehead atoms. The van der Waals surface area contributed by atoms with Crippen molar-refractivity contribution < 1.29 is 13.2 Å². The monoisotopic (exact) mass is 452 g/mol. The van der Waals surface area contributed by atoms with E-state index in [9.17, 15) is 8.42 Å². The van der Waals surface area contributed by atoms with Gasteiger partial charge in [0.05, 0.1) is 15.6 Å². The average molecular weight is 454 g/mol. The summed E-state index contributed by atoms with van der Waals surface area (Å²) in [6, 6.07) is 6.10. The molecule has 0 saturated carbocycles. The van der Waals surface area contributed by atoms with Crippen LogP contribution in [0.5, 0.6) is 0 Å². The summed E-state index contributed by atoms with van der Waals surface area (Å²) in [7, 11) is -2.47. The molecule has 2 rings (SSSR count). The van der Waals surface area contributed by atoms with Crippen LogP contribution in [-0.4, -0.2) is 27.2 Å². The van der Waals surface area contributed by atoms with Gasteiger partial charge in [-0.1, -0.05) is 30.1 Å². The second-order valence-corrected chi connectivity index (χ2v) is 8.30. The Labute approximate surface area is 159 Å². The van der Waals surface area contributed by atoms with Crippen molar-refractivity contribution in [2.24, 2.45) is 0 Å². The Morgan fingerprint density at radius 2 is 2.00 bits per heavy atom. The topological polar surface area (TPSA) is 59.5 Å². The second-order valence-electron chi connectivity index (χ2n) is 4.84. The number of anilines is 1. The van der Waals surface area contributed by atoms with Crippen LogP contribution in [0.3, 0.4) is 0 Å². The summed E-state index contributed by atoms with van der Waals surface area (Å²) in [5, 5.41) is 0.843. The van der Waals surface area contributed by atoms with Crippen LogP contribution in [-0.2, 0) is 21.2 Å². The molecule has 0 unspecified atom stereocenters. The van der Waals surface area contributed by atoms with Crippen molar-refractivity contribution in [1.29, 1.82) is 0 Å². The highest BCUT2D eigenvalue weighted by Crippen LogP contribution is 2.32. The molecule has 1 aromatic carbocycles. The van der Waals surface area contributed by atoms with Crippen molar-refractivity contribution in [3.63, 3.8) is 0 Å². The SMILES string of the molecule is CCc1cc(S(=O)(=O)N(COC)c2cc(Cl)cnc2Br)ccc1Cl. The van der Waals surface area contributed by atoms with Crippen LogP contribution in [0.25, 0.3) is 0 Å². The summed E-state index contributed by atoms with van der Waals surface area (Å²) >= 11 is 15.3. The number of halogens is 3. The molecule has 24 heavy (non-hydrogen) atoms. The molecule has 130 valence electrons. The van der Waals surface area contributed by atoms with E-state index in [0.717, 1.165) is 9.87 Å². The van der Waals surface area contributed by atoms with Crippen molar-refractivity contribution in [3.05, 3.63) is 50.7 Å². The second kappa shape index (κ2) is 8.01. The molecule has 0 atom stereocenters. The van der Waals surface area contributed by atoms with Gasteiger partial charge in [0.2, 0.25) is 0 Å². The molecule has 0 aliphatic heterocycles. The van der Waals surface area contributed by atoms with Crippen LogP contribution in [0, 0.1) is 0 Å². The van der Waals surface area contributed by atoms with E-state index in [2.05, 4.69) is 20.9 Å². The Bertz CT molecular complexity index is 847. The molecular weight excluding hydrogens is 439 g/mol. The highest BCUT2D eigenvalue weighted by molar-refractivity contribution is 9.10. The van der Waals surface area contributed by atoms with Gasteiger partial charge in [-0.25, -0.2) is 17.7 Å². The fraction of sp³-hybridized carbons (Fsp3) is 0.267. The summed E-state index contributed by atoms with van der Waals surface area (Å²) < 4.78 is 32.7. The first-order valence-electron chi connectivity index (χ1n) is 6.92. The first kappa shape index (κ1) is 19.5. The third-order valence-corrected chi connectivity index (χ3v) is 6.21. The first-order valence-corrected chi connectivity index (χ1v) is 9.91. The number of methoxy groups -OCH3 is 1. The number of aryl methyl sites for hydroxylation is 1. The quantitative estimate of drug-likeness (QED) is 0.476. The number of sulfonamides is 1. The third-order valence-electron chi connectivity index (χ3n) is 3.29. The molecule has 0 saturated heterocycles. The lowest BCUT2D eigenvalue weighted by atomic mass is 10.2. The molecular formula is C15H15BrCl2N2O3S. The zero-order valence-electron chi connectivity index (χ0n) is 13.0.